The Balaban J connectivity index is 1.94. The van der Waals surface area contributed by atoms with Crippen LogP contribution in [0.3, 0.4) is 0 Å². The fourth-order valence-corrected chi connectivity index (χ4v) is 2.22. The molecule has 1 fully saturated rings. The van der Waals surface area contributed by atoms with Crippen molar-refractivity contribution in [1.82, 2.24) is 4.90 Å². The molecule has 2 unspecified atom stereocenters. The van der Waals surface area contributed by atoms with E-state index in [1.54, 1.807) is 12.1 Å². The van der Waals surface area contributed by atoms with E-state index >= 15 is 0 Å². The molecule has 2 rings (SSSR count). The highest BCUT2D eigenvalue weighted by molar-refractivity contribution is 5.18. The Bertz CT molecular complexity index is 392. The van der Waals surface area contributed by atoms with E-state index < -0.39 is 6.10 Å². The number of aliphatic hydroxyl groups is 2. The second kappa shape index (κ2) is 6.46. The number of hydrogen-bond acceptors (Lipinski definition) is 3. The lowest BCUT2D eigenvalue weighted by Crippen LogP contribution is -2.37. The Morgan fingerprint density at radius 2 is 1.84 bits per heavy atom. The molecule has 0 spiro atoms. The molecule has 2 atom stereocenters. The fraction of sp³-hybridized carbons (Fsp3) is 0.600. The van der Waals surface area contributed by atoms with E-state index in [0.29, 0.717) is 19.1 Å². The monoisotopic (exact) mass is 267 g/mol. The van der Waals surface area contributed by atoms with E-state index in [9.17, 15) is 14.6 Å². The van der Waals surface area contributed by atoms with E-state index in [4.69, 9.17) is 0 Å². The molecular formula is C15H22FNO2. The zero-order valence-corrected chi connectivity index (χ0v) is 11.3. The van der Waals surface area contributed by atoms with Gasteiger partial charge in [-0.2, -0.15) is 0 Å². The Morgan fingerprint density at radius 1 is 1.21 bits per heavy atom. The highest BCUT2D eigenvalue weighted by Gasteiger charge is 2.31. The first-order chi connectivity index (χ1) is 9.10. The van der Waals surface area contributed by atoms with Crippen LogP contribution in [0.5, 0.6) is 0 Å². The molecule has 0 bridgehead atoms. The molecule has 2 N–H and O–H groups in total. The topological polar surface area (TPSA) is 43.7 Å². The molecule has 1 saturated carbocycles. The minimum absolute atomic E-state index is 0.295. The summed E-state index contributed by atoms with van der Waals surface area (Å²) in [4.78, 5) is 2.14. The summed E-state index contributed by atoms with van der Waals surface area (Å²) >= 11 is 0. The number of benzene rings is 1. The Hall–Kier alpha value is -0.970. The van der Waals surface area contributed by atoms with Crippen LogP contribution in [0, 0.1) is 5.82 Å². The largest absolute Gasteiger partial charge is 0.392 e. The van der Waals surface area contributed by atoms with Crippen LogP contribution in [0.2, 0.25) is 0 Å². The van der Waals surface area contributed by atoms with Gasteiger partial charge in [0.25, 0.3) is 0 Å². The average Bonchev–Trinajstić information content (AvgIpc) is 3.22. The molecule has 1 aliphatic rings. The molecule has 3 nitrogen and oxygen atoms in total. The van der Waals surface area contributed by atoms with Crippen LogP contribution in [-0.2, 0) is 0 Å². The molecule has 0 heterocycles. The Labute approximate surface area is 113 Å². The SMILES string of the molecule is CCC(O)CN(CC(O)c1ccc(F)cc1)C1CC1. The minimum Gasteiger partial charge on any atom is -0.392 e. The van der Waals surface area contributed by atoms with Crippen LogP contribution in [0.25, 0.3) is 0 Å². The van der Waals surface area contributed by atoms with Crippen LogP contribution in [0.15, 0.2) is 24.3 Å². The van der Waals surface area contributed by atoms with Crippen molar-refractivity contribution in [3.63, 3.8) is 0 Å². The third-order valence-electron chi connectivity index (χ3n) is 3.64. The van der Waals surface area contributed by atoms with E-state index in [0.717, 1.165) is 24.8 Å². The van der Waals surface area contributed by atoms with E-state index in [1.807, 2.05) is 6.92 Å². The van der Waals surface area contributed by atoms with Crippen molar-refractivity contribution in [1.29, 1.82) is 0 Å². The highest BCUT2D eigenvalue weighted by Crippen LogP contribution is 2.29. The van der Waals surface area contributed by atoms with E-state index in [-0.39, 0.29) is 11.9 Å². The predicted molar refractivity (Wildman–Crippen MR) is 72.3 cm³/mol. The van der Waals surface area contributed by atoms with Gasteiger partial charge in [-0.05, 0) is 37.0 Å². The summed E-state index contributed by atoms with van der Waals surface area (Å²) in [5.41, 5.74) is 0.720. The summed E-state index contributed by atoms with van der Waals surface area (Å²) in [6, 6.07) is 6.43. The smallest absolute Gasteiger partial charge is 0.123 e. The number of nitrogens with zero attached hydrogens (tertiary/aromatic N) is 1. The lowest BCUT2D eigenvalue weighted by atomic mass is 10.1. The van der Waals surface area contributed by atoms with E-state index in [2.05, 4.69) is 4.90 Å². The van der Waals surface area contributed by atoms with Crippen molar-refractivity contribution in [3.05, 3.63) is 35.6 Å². The molecule has 106 valence electrons. The van der Waals surface area contributed by atoms with Crippen molar-refractivity contribution in [2.45, 2.75) is 44.4 Å². The molecule has 0 aromatic heterocycles. The average molecular weight is 267 g/mol. The van der Waals surface area contributed by atoms with Gasteiger partial charge in [0.15, 0.2) is 0 Å². The maximum Gasteiger partial charge on any atom is 0.123 e. The van der Waals surface area contributed by atoms with Crippen molar-refractivity contribution in [3.8, 4) is 0 Å². The van der Waals surface area contributed by atoms with Gasteiger partial charge < -0.3 is 10.2 Å². The Morgan fingerprint density at radius 3 is 2.37 bits per heavy atom. The molecule has 1 aromatic rings. The summed E-state index contributed by atoms with van der Waals surface area (Å²) in [7, 11) is 0. The van der Waals surface area contributed by atoms with Gasteiger partial charge in [0.05, 0.1) is 12.2 Å². The molecule has 1 aliphatic carbocycles. The van der Waals surface area contributed by atoms with Crippen molar-refractivity contribution >= 4 is 0 Å². The molecule has 0 amide bonds. The first-order valence-corrected chi connectivity index (χ1v) is 6.95. The third kappa shape index (κ3) is 4.27. The zero-order valence-electron chi connectivity index (χ0n) is 11.3. The van der Waals surface area contributed by atoms with Gasteiger partial charge in [-0.15, -0.1) is 0 Å². The minimum atomic E-state index is -0.634. The molecule has 4 heteroatoms. The highest BCUT2D eigenvalue weighted by atomic mass is 19.1. The molecule has 0 saturated heterocycles. The number of halogens is 1. The molecule has 19 heavy (non-hydrogen) atoms. The normalized spacial score (nSPS) is 18.6. The number of aliphatic hydroxyl groups excluding tert-OH is 2. The van der Waals surface area contributed by atoms with Crippen LogP contribution in [0.1, 0.15) is 37.9 Å². The van der Waals surface area contributed by atoms with Gasteiger partial charge in [0.2, 0.25) is 0 Å². The van der Waals surface area contributed by atoms with Crippen molar-refractivity contribution < 1.29 is 14.6 Å². The van der Waals surface area contributed by atoms with Crippen molar-refractivity contribution in [2.75, 3.05) is 13.1 Å². The third-order valence-corrected chi connectivity index (χ3v) is 3.64. The second-order valence-electron chi connectivity index (χ2n) is 5.31. The van der Waals surface area contributed by atoms with Crippen molar-refractivity contribution in [2.24, 2.45) is 0 Å². The van der Waals surface area contributed by atoms with E-state index in [1.165, 1.54) is 12.1 Å². The number of hydrogen-bond donors (Lipinski definition) is 2. The van der Waals surface area contributed by atoms with Crippen LogP contribution < -0.4 is 0 Å². The van der Waals surface area contributed by atoms with Gasteiger partial charge >= 0.3 is 0 Å². The van der Waals surface area contributed by atoms with Gasteiger partial charge in [0, 0.05) is 19.1 Å². The standard InChI is InChI=1S/C15H22FNO2/c1-2-14(18)9-17(13-7-8-13)10-15(19)11-3-5-12(16)6-4-11/h3-6,13-15,18-19H,2,7-10H2,1H3. The quantitative estimate of drug-likeness (QED) is 0.795. The zero-order chi connectivity index (χ0) is 13.8. The predicted octanol–water partition coefficient (Wildman–Crippen LogP) is 2.09. The summed E-state index contributed by atoms with van der Waals surface area (Å²) in [6.07, 6.45) is 2.00. The summed E-state index contributed by atoms with van der Waals surface area (Å²) in [5.74, 6) is -0.295. The van der Waals surface area contributed by atoms with Gasteiger partial charge in [-0.1, -0.05) is 19.1 Å². The van der Waals surface area contributed by atoms with Crippen LogP contribution >= 0.6 is 0 Å². The summed E-state index contributed by atoms with van der Waals surface area (Å²) in [5, 5.41) is 20.0. The van der Waals surface area contributed by atoms with Crippen LogP contribution in [0.4, 0.5) is 4.39 Å². The Kier molecular flexibility index (Phi) is 4.91. The summed E-state index contributed by atoms with van der Waals surface area (Å²) < 4.78 is 12.8. The first-order valence-electron chi connectivity index (χ1n) is 6.95. The lowest BCUT2D eigenvalue weighted by molar-refractivity contribution is 0.0631. The maximum absolute atomic E-state index is 12.8. The van der Waals surface area contributed by atoms with Gasteiger partial charge in [-0.3, -0.25) is 4.90 Å². The van der Waals surface area contributed by atoms with Gasteiger partial charge in [0.1, 0.15) is 5.82 Å². The fourth-order valence-electron chi connectivity index (χ4n) is 2.22. The van der Waals surface area contributed by atoms with Gasteiger partial charge in [-0.25, -0.2) is 4.39 Å². The molecular weight excluding hydrogens is 245 g/mol. The molecule has 0 radical (unpaired) electrons. The first kappa shape index (κ1) is 14.4. The maximum atomic E-state index is 12.8. The molecule has 0 aliphatic heterocycles. The second-order valence-corrected chi connectivity index (χ2v) is 5.31. The lowest BCUT2D eigenvalue weighted by Gasteiger charge is -2.27. The number of rotatable bonds is 7. The molecule has 1 aromatic carbocycles. The summed E-state index contributed by atoms with van der Waals surface area (Å²) in [6.45, 7) is 3.04. The van der Waals surface area contributed by atoms with Crippen LogP contribution in [-0.4, -0.2) is 40.3 Å².